The average molecular weight is 346 g/mol. The maximum absolute atomic E-state index is 12.5. The zero-order valence-electron chi connectivity index (χ0n) is 11.7. The molecule has 0 saturated carbocycles. The van der Waals surface area contributed by atoms with Gasteiger partial charge in [-0.05, 0) is 25.5 Å². The van der Waals surface area contributed by atoms with Gasteiger partial charge in [-0.2, -0.15) is 4.31 Å². The lowest BCUT2D eigenvalue weighted by molar-refractivity contribution is 0.0701. The van der Waals surface area contributed by atoms with Crippen LogP contribution < -0.4 is 0 Å². The molecule has 0 spiro atoms. The number of carbonyl (C=O) groups is 1. The maximum Gasteiger partial charge on any atom is 0.346 e. The normalized spacial score (nSPS) is 12.0. The van der Waals surface area contributed by atoms with Crippen molar-refractivity contribution in [3.05, 3.63) is 32.6 Å². The van der Waals surface area contributed by atoms with E-state index in [0.717, 1.165) is 21.2 Å². The van der Waals surface area contributed by atoms with E-state index in [1.54, 1.807) is 13.1 Å². The summed E-state index contributed by atoms with van der Waals surface area (Å²) in [6, 6.07) is 1.40. The van der Waals surface area contributed by atoms with E-state index in [1.165, 1.54) is 28.8 Å². The highest BCUT2D eigenvalue weighted by Crippen LogP contribution is 2.29. The van der Waals surface area contributed by atoms with Crippen LogP contribution >= 0.6 is 22.7 Å². The Bertz CT molecular complexity index is 776. The number of nitrogens with zero attached hydrogens (tertiary/aromatic N) is 2. The van der Waals surface area contributed by atoms with Crippen molar-refractivity contribution >= 4 is 38.7 Å². The lowest BCUT2D eigenvalue weighted by Gasteiger charge is -2.14. The standard InChI is InChI=1S/C12H14N2O4S3/c1-7-4-10(20-11(7)12(15)16)21(17,18)14(3)6-9-5-13-8(2)19-9/h4-5H,6H2,1-3H3,(H,15,16). The molecule has 1 N–H and O–H groups in total. The van der Waals surface area contributed by atoms with E-state index in [0.29, 0.717) is 5.56 Å². The molecule has 0 aliphatic rings. The summed E-state index contributed by atoms with van der Waals surface area (Å²) in [7, 11) is -2.22. The summed E-state index contributed by atoms with van der Waals surface area (Å²) in [5.41, 5.74) is 0.452. The van der Waals surface area contributed by atoms with Gasteiger partial charge in [-0.1, -0.05) is 0 Å². The lowest BCUT2D eigenvalue weighted by atomic mass is 10.3. The number of rotatable bonds is 5. The predicted molar refractivity (Wildman–Crippen MR) is 81.5 cm³/mol. The van der Waals surface area contributed by atoms with Crippen LogP contribution in [0.5, 0.6) is 0 Å². The largest absolute Gasteiger partial charge is 0.477 e. The first-order chi connectivity index (χ1) is 9.71. The Balaban J connectivity index is 2.28. The molecular weight excluding hydrogens is 332 g/mol. The maximum atomic E-state index is 12.5. The summed E-state index contributed by atoms with van der Waals surface area (Å²) in [5.74, 6) is -1.11. The first kappa shape index (κ1) is 16.1. The van der Waals surface area contributed by atoms with E-state index in [1.807, 2.05) is 6.92 Å². The molecule has 2 aromatic heterocycles. The lowest BCUT2D eigenvalue weighted by Crippen LogP contribution is -2.25. The minimum absolute atomic E-state index is 0.0427. The molecule has 0 bridgehead atoms. The number of thiophene rings is 1. The predicted octanol–water partition coefficient (Wildman–Crippen LogP) is 2.34. The molecule has 0 aliphatic heterocycles. The van der Waals surface area contributed by atoms with Crippen LogP contribution in [0.4, 0.5) is 0 Å². The third kappa shape index (κ3) is 3.31. The quantitative estimate of drug-likeness (QED) is 0.898. The number of aromatic nitrogens is 1. The number of carboxylic acids is 1. The average Bonchev–Trinajstić information content (AvgIpc) is 2.95. The summed E-state index contributed by atoms with van der Waals surface area (Å²) in [6.45, 7) is 3.66. The fourth-order valence-electron chi connectivity index (χ4n) is 1.73. The number of aryl methyl sites for hydroxylation is 2. The van der Waals surface area contributed by atoms with E-state index in [9.17, 15) is 13.2 Å². The first-order valence-corrected chi connectivity index (χ1v) is 9.00. The fraction of sp³-hybridized carbons (Fsp3) is 0.333. The number of carboxylic acid groups (broad SMARTS) is 1. The van der Waals surface area contributed by atoms with E-state index in [2.05, 4.69) is 4.98 Å². The van der Waals surface area contributed by atoms with E-state index < -0.39 is 16.0 Å². The van der Waals surface area contributed by atoms with E-state index >= 15 is 0 Å². The second-order valence-electron chi connectivity index (χ2n) is 4.49. The van der Waals surface area contributed by atoms with Crippen molar-refractivity contribution in [2.24, 2.45) is 0 Å². The molecule has 21 heavy (non-hydrogen) atoms. The molecule has 2 aromatic rings. The van der Waals surface area contributed by atoms with Gasteiger partial charge in [0.2, 0.25) is 0 Å². The summed E-state index contributed by atoms with van der Waals surface area (Å²) in [5, 5.41) is 9.89. The van der Waals surface area contributed by atoms with Crippen molar-refractivity contribution in [1.29, 1.82) is 0 Å². The molecule has 0 radical (unpaired) electrons. The smallest absolute Gasteiger partial charge is 0.346 e. The van der Waals surface area contributed by atoms with E-state index in [4.69, 9.17) is 5.11 Å². The van der Waals surface area contributed by atoms with Gasteiger partial charge in [-0.25, -0.2) is 18.2 Å². The van der Waals surface area contributed by atoms with Crippen LogP contribution in [-0.2, 0) is 16.6 Å². The molecular formula is C12H14N2O4S3. The Morgan fingerprint density at radius 1 is 1.38 bits per heavy atom. The monoisotopic (exact) mass is 346 g/mol. The van der Waals surface area contributed by atoms with Crippen LogP contribution in [0.1, 0.15) is 25.1 Å². The van der Waals surface area contributed by atoms with Crippen LogP contribution in [0, 0.1) is 13.8 Å². The molecule has 2 rings (SSSR count). The molecule has 0 fully saturated rings. The third-order valence-corrected chi connectivity index (χ3v) is 7.18. The SMILES string of the molecule is Cc1ncc(CN(C)S(=O)(=O)c2cc(C)c(C(=O)O)s2)s1. The van der Waals surface area contributed by atoms with Gasteiger partial charge in [0, 0.05) is 24.7 Å². The van der Waals surface area contributed by atoms with Gasteiger partial charge in [-0.15, -0.1) is 22.7 Å². The highest BCUT2D eigenvalue weighted by atomic mass is 32.2. The number of sulfonamides is 1. The highest BCUT2D eigenvalue weighted by molar-refractivity contribution is 7.91. The van der Waals surface area contributed by atoms with Crippen LogP contribution in [0.2, 0.25) is 0 Å². The second-order valence-corrected chi connectivity index (χ2v) is 9.13. The molecule has 2 heterocycles. The van der Waals surface area contributed by atoms with Gasteiger partial charge in [0.15, 0.2) is 0 Å². The molecule has 9 heteroatoms. The van der Waals surface area contributed by atoms with Crippen LogP contribution in [0.3, 0.4) is 0 Å². The molecule has 0 amide bonds. The molecule has 0 aliphatic carbocycles. The van der Waals surface area contributed by atoms with Crippen molar-refractivity contribution in [2.75, 3.05) is 7.05 Å². The highest BCUT2D eigenvalue weighted by Gasteiger charge is 2.26. The molecule has 0 atom stereocenters. The molecule has 114 valence electrons. The minimum atomic E-state index is -3.70. The Kier molecular flexibility index (Phi) is 4.47. The van der Waals surface area contributed by atoms with Gasteiger partial charge >= 0.3 is 5.97 Å². The van der Waals surface area contributed by atoms with Gasteiger partial charge < -0.3 is 5.11 Å². The third-order valence-electron chi connectivity index (χ3n) is 2.80. The molecule has 0 unspecified atom stereocenters. The number of aromatic carboxylic acids is 1. The zero-order chi connectivity index (χ0) is 15.8. The second kappa shape index (κ2) is 5.84. The summed E-state index contributed by atoms with van der Waals surface area (Å²) in [4.78, 5) is 16.0. The first-order valence-electron chi connectivity index (χ1n) is 5.93. The molecule has 6 nitrogen and oxygen atoms in total. The van der Waals surface area contributed by atoms with Gasteiger partial charge in [0.05, 0.1) is 5.01 Å². The van der Waals surface area contributed by atoms with Gasteiger partial charge in [-0.3, -0.25) is 0 Å². The molecule has 0 saturated heterocycles. The van der Waals surface area contributed by atoms with Crippen molar-refractivity contribution in [3.63, 3.8) is 0 Å². The topological polar surface area (TPSA) is 87.6 Å². The van der Waals surface area contributed by atoms with Crippen LogP contribution in [0.15, 0.2) is 16.5 Å². The van der Waals surface area contributed by atoms with Crippen LogP contribution in [0.25, 0.3) is 0 Å². The van der Waals surface area contributed by atoms with Crippen LogP contribution in [-0.4, -0.2) is 35.8 Å². The summed E-state index contributed by atoms with van der Waals surface area (Å²) >= 11 is 2.21. The Hall–Kier alpha value is -1.29. The van der Waals surface area contributed by atoms with Gasteiger partial charge in [0.25, 0.3) is 10.0 Å². The van der Waals surface area contributed by atoms with Crippen molar-refractivity contribution in [3.8, 4) is 0 Å². The Labute approximate surface area is 130 Å². The number of hydrogen-bond donors (Lipinski definition) is 1. The van der Waals surface area contributed by atoms with Crippen molar-refractivity contribution in [1.82, 2.24) is 9.29 Å². The summed E-state index contributed by atoms with van der Waals surface area (Å²) in [6.07, 6.45) is 1.65. The number of thiazole rings is 1. The minimum Gasteiger partial charge on any atom is -0.477 e. The summed E-state index contributed by atoms with van der Waals surface area (Å²) < 4.78 is 26.2. The Morgan fingerprint density at radius 2 is 2.05 bits per heavy atom. The van der Waals surface area contributed by atoms with Gasteiger partial charge in [0.1, 0.15) is 9.09 Å². The Morgan fingerprint density at radius 3 is 2.52 bits per heavy atom. The van der Waals surface area contributed by atoms with E-state index in [-0.39, 0.29) is 15.6 Å². The van der Waals surface area contributed by atoms with Crippen molar-refractivity contribution < 1.29 is 18.3 Å². The fourth-order valence-corrected chi connectivity index (χ4v) is 5.40. The number of hydrogen-bond acceptors (Lipinski definition) is 6. The van der Waals surface area contributed by atoms with Crippen molar-refractivity contribution in [2.45, 2.75) is 24.6 Å². The zero-order valence-corrected chi connectivity index (χ0v) is 14.1. The molecule has 0 aromatic carbocycles.